The maximum Gasteiger partial charge on any atom is 0.243 e. The molecular formula is C22H19ClN4O3S. The molecule has 0 radical (unpaired) electrons. The van der Waals surface area contributed by atoms with Gasteiger partial charge in [-0.2, -0.15) is 4.31 Å². The Morgan fingerprint density at radius 2 is 1.71 bits per heavy atom. The van der Waals surface area contributed by atoms with Crippen molar-refractivity contribution >= 4 is 44.3 Å². The molecule has 1 amide bonds. The monoisotopic (exact) mass is 454 g/mol. The van der Waals surface area contributed by atoms with Crippen LogP contribution >= 0.6 is 11.6 Å². The summed E-state index contributed by atoms with van der Waals surface area (Å²) in [6.07, 6.45) is 1.74. The highest BCUT2D eigenvalue weighted by atomic mass is 35.5. The van der Waals surface area contributed by atoms with E-state index in [-0.39, 0.29) is 11.4 Å². The van der Waals surface area contributed by atoms with Crippen LogP contribution in [0, 0.1) is 0 Å². The lowest BCUT2D eigenvalue weighted by Gasteiger charge is -2.17. The number of halogens is 1. The number of sulfonamides is 1. The van der Waals surface area contributed by atoms with Crippen LogP contribution in [-0.4, -0.2) is 41.8 Å². The van der Waals surface area contributed by atoms with Crippen molar-refractivity contribution in [3.8, 4) is 5.69 Å². The molecule has 0 fully saturated rings. The zero-order valence-corrected chi connectivity index (χ0v) is 18.1. The lowest BCUT2D eigenvalue weighted by Crippen LogP contribution is -2.34. The fourth-order valence-corrected chi connectivity index (χ4v) is 4.40. The van der Waals surface area contributed by atoms with E-state index < -0.39 is 15.9 Å². The summed E-state index contributed by atoms with van der Waals surface area (Å²) in [6.45, 7) is -0.321. The topological polar surface area (TPSA) is 84.3 Å². The summed E-state index contributed by atoms with van der Waals surface area (Å²) in [5.74, 6) is -0.444. The van der Waals surface area contributed by atoms with Crippen molar-refractivity contribution in [1.29, 1.82) is 0 Å². The van der Waals surface area contributed by atoms with Gasteiger partial charge in [-0.05, 0) is 60.7 Å². The highest BCUT2D eigenvalue weighted by molar-refractivity contribution is 7.89. The van der Waals surface area contributed by atoms with Crippen LogP contribution in [0.5, 0.6) is 0 Å². The zero-order chi connectivity index (χ0) is 22.0. The average Bonchev–Trinajstić information content (AvgIpc) is 3.19. The maximum atomic E-state index is 12.6. The van der Waals surface area contributed by atoms with Crippen molar-refractivity contribution in [3.63, 3.8) is 0 Å². The van der Waals surface area contributed by atoms with Crippen LogP contribution in [0.3, 0.4) is 0 Å². The largest absolute Gasteiger partial charge is 0.325 e. The van der Waals surface area contributed by atoms with E-state index in [0.717, 1.165) is 21.0 Å². The van der Waals surface area contributed by atoms with E-state index in [1.165, 1.54) is 31.3 Å². The number of hydrogen-bond acceptors (Lipinski definition) is 4. The minimum absolute atomic E-state index is 0.0733. The van der Waals surface area contributed by atoms with E-state index in [1.54, 1.807) is 18.5 Å². The number of carbonyl (C=O) groups is 1. The molecule has 4 aromatic rings. The third-order valence-corrected chi connectivity index (χ3v) is 6.84. The minimum Gasteiger partial charge on any atom is -0.325 e. The van der Waals surface area contributed by atoms with E-state index in [9.17, 15) is 13.2 Å². The number of amides is 1. The highest BCUT2D eigenvalue weighted by Crippen LogP contribution is 2.20. The van der Waals surface area contributed by atoms with Crippen LogP contribution in [0.25, 0.3) is 16.7 Å². The molecule has 0 saturated carbocycles. The van der Waals surface area contributed by atoms with Gasteiger partial charge in [-0.15, -0.1) is 0 Å². The second-order valence-electron chi connectivity index (χ2n) is 6.91. The van der Waals surface area contributed by atoms with Gasteiger partial charge in [0.2, 0.25) is 15.9 Å². The summed E-state index contributed by atoms with van der Waals surface area (Å²) in [7, 11) is -2.44. The second kappa shape index (κ2) is 8.50. The summed E-state index contributed by atoms with van der Waals surface area (Å²) < 4.78 is 28.2. The van der Waals surface area contributed by atoms with Crippen LogP contribution in [0.2, 0.25) is 5.02 Å². The number of imidazole rings is 1. The molecule has 0 spiro atoms. The molecule has 0 saturated heterocycles. The minimum atomic E-state index is -3.80. The number of para-hydroxylation sites is 2. The van der Waals surface area contributed by atoms with Gasteiger partial charge in [0.1, 0.15) is 6.33 Å². The van der Waals surface area contributed by atoms with Gasteiger partial charge >= 0.3 is 0 Å². The first-order valence-corrected chi connectivity index (χ1v) is 11.2. The molecule has 9 heteroatoms. The van der Waals surface area contributed by atoms with Crippen molar-refractivity contribution in [1.82, 2.24) is 13.9 Å². The van der Waals surface area contributed by atoms with Gasteiger partial charge in [0.15, 0.2) is 0 Å². The number of likely N-dealkylation sites (N-methyl/N-ethyl adjacent to an activating group) is 1. The van der Waals surface area contributed by atoms with Crippen LogP contribution in [0.4, 0.5) is 5.69 Å². The number of carbonyl (C=O) groups excluding carboxylic acids is 1. The van der Waals surface area contributed by atoms with Crippen molar-refractivity contribution < 1.29 is 13.2 Å². The SMILES string of the molecule is CN(CC(=O)Nc1ccc(-n2cnc3ccccc32)cc1)S(=O)(=O)c1ccc(Cl)cc1. The molecule has 31 heavy (non-hydrogen) atoms. The van der Waals surface area contributed by atoms with Crippen molar-refractivity contribution in [2.24, 2.45) is 0 Å². The summed E-state index contributed by atoms with van der Waals surface area (Å²) in [5, 5.41) is 3.16. The third kappa shape index (κ3) is 4.46. The molecule has 0 unspecified atom stereocenters. The summed E-state index contributed by atoms with van der Waals surface area (Å²) in [4.78, 5) is 16.8. The van der Waals surface area contributed by atoms with Crippen molar-refractivity contribution in [3.05, 3.63) is 84.1 Å². The molecule has 0 aliphatic carbocycles. The number of anilines is 1. The Morgan fingerprint density at radius 1 is 1.03 bits per heavy atom. The Labute approximate surface area is 184 Å². The molecule has 1 N–H and O–H groups in total. The van der Waals surface area contributed by atoms with Gasteiger partial charge in [0.25, 0.3) is 0 Å². The fraction of sp³-hybridized carbons (Fsp3) is 0.0909. The molecule has 158 valence electrons. The fourth-order valence-electron chi connectivity index (χ4n) is 3.14. The number of fused-ring (bicyclic) bond motifs is 1. The zero-order valence-electron chi connectivity index (χ0n) is 16.6. The Hall–Kier alpha value is -3.20. The smallest absolute Gasteiger partial charge is 0.243 e. The first kappa shape index (κ1) is 21.0. The van der Waals surface area contributed by atoms with E-state index in [4.69, 9.17) is 11.6 Å². The van der Waals surface area contributed by atoms with Crippen LogP contribution < -0.4 is 5.32 Å². The molecule has 1 aromatic heterocycles. The number of aromatic nitrogens is 2. The number of rotatable bonds is 6. The van der Waals surface area contributed by atoms with E-state index in [1.807, 2.05) is 41.0 Å². The van der Waals surface area contributed by atoms with Crippen LogP contribution in [0.1, 0.15) is 0 Å². The lowest BCUT2D eigenvalue weighted by atomic mass is 10.2. The number of hydrogen-bond donors (Lipinski definition) is 1. The van der Waals surface area contributed by atoms with Crippen molar-refractivity contribution in [2.75, 3.05) is 18.9 Å². The molecule has 0 atom stereocenters. The Morgan fingerprint density at radius 3 is 2.42 bits per heavy atom. The van der Waals surface area contributed by atoms with Gasteiger partial charge in [-0.3, -0.25) is 9.36 Å². The molecule has 4 rings (SSSR count). The van der Waals surface area contributed by atoms with Gasteiger partial charge in [-0.25, -0.2) is 13.4 Å². The molecule has 0 bridgehead atoms. The molecule has 0 aliphatic rings. The predicted octanol–water partition coefficient (Wildman–Crippen LogP) is 3.94. The van der Waals surface area contributed by atoms with Crippen LogP contribution in [-0.2, 0) is 14.8 Å². The van der Waals surface area contributed by atoms with E-state index in [2.05, 4.69) is 10.3 Å². The Kier molecular flexibility index (Phi) is 5.77. The Bertz CT molecular complexity index is 1330. The summed E-state index contributed by atoms with van der Waals surface area (Å²) >= 11 is 5.81. The summed E-state index contributed by atoms with van der Waals surface area (Å²) in [5.41, 5.74) is 3.34. The first-order valence-electron chi connectivity index (χ1n) is 9.39. The number of nitrogens with zero attached hydrogens (tertiary/aromatic N) is 3. The predicted molar refractivity (Wildman–Crippen MR) is 121 cm³/mol. The molecule has 3 aromatic carbocycles. The standard InChI is InChI=1S/C22H19ClN4O3S/c1-26(31(29,30)19-12-6-16(23)7-13-19)14-22(28)25-17-8-10-18(11-9-17)27-15-24-20-4-2-3-5-21(20)27/h2-13,15H,14H2,1H3,(H,25,28). The van der Waals surface area contributed by atoms with Gasteiger partial charge in [-0.1, -0.05) is 23.7 Å². The van der Waals surface area contributed by atoms with Gasteiger partial charge in [0.05, 0.1) is 22.5 Å². The van der Waals surface area contributed by atoms with E-state index >= 15 is 0 Å². The first-order chi connectivity index (χ1) is 14.8. The number of benzene rings is 3. The molecule has 0 aliphatic heterocycles. The molecular weight excluding hydrogens is 436 g/mol. The maximum absolute atomic E-state index is 12.6. The third-order valence-electron chi connectivity index (χ3n) is 4.77. The lowest BCUT2D eigenvalue weighted by molar-refractivity contribution is -0.116. The van der Waals surface area contributed by atoms with Gasteiger partial charge in [0, 0.05) is 23.4 Å². The van der Waals surface area contributed by atoms with Crippen molar-refractivity contribution in [2.45, 2.75) is 4.90 Å². The normalized spacial score (nSPS) is 11.7. The second-order valence-corrected chi connectivity index (χ2v) is 9.39. The van der Waals surface area contributed by atoms with Gasteiger partial charge < -0.3 is 5.32 Å². The quantitative estimate of drug-likeness (QED) is 0.478. The number of nitrogens with one attached hydrogen (secondary N) is 1. The van der Waals surface area contributed by atoms with Crippen LogP contribution in [0.15, 0.2) is 84.0 Å². The van der Waals surface area contributed by atoms with E-state index in [0.29, 0.717) is 10.7 Å². The highest BCUT2D eigenvalue weighted by Gasteiger charge is 2.23. The summed E-state index contributed by atoms with van der Waals surface area (Å²) in [6, 6.07) is 20.8. The average molecular weight is 455 g/mol. The Balaban J connectivity index is 1.43. The molecule has 7 nitrogen and oxygen atoms in total. The molecule has 1 heterocycles.